The van der Waals surface area contributed by atoms with E-state index in [-0.39, 0.29) is 17.5 Å². The second kappa shape index (κ2) is 9.40. The van der Waals surface area contributed by atoms with E-state index in [0.717, 1.165) is 36.4 Å². The van der Waals surface area contributed by atoms with Crippen LogP contribution in [0.3, 0.4) is 0 Å². The molecule has 2 aliphatic rings. The van der Waals surface area contributed by atoms with Crippen LogP contribution in [0, 0.1) is 11.7 Å². The van der Waals surface area contributed by atoms with Gasteiger partial charge in [-0.1, -0.05) is 0 Å². The summed E-state index contributed by atoms with van der Waals surface area (Å²) in [5.74, 6) is 0.0349. The molecule has 2 fully saturated rings. The highest BCUT2D eigenvalue weighted by molar-refractivity contribution is 7.93. The van der Waals surface area contributed by atoms with Crippen LogP contribution < -0.4 is 14.3 Å². The number of nitrogens with one attached hydrogen (secondary N) is 2. The first-order valence-corrected chi connectivity index (χ1v) is 13.8. The van der Waals surface area contributed by atoms with Crippen molar-refractivity contribution in [1.82, 2.24) is 4.72 Å². The fourth-order valence-electron chi connectivity index (χ4n) is 4.09. The topological polar surface area (TPSA) is 95.6 Å². The quantitative estimate of drug-likeness (QED) is 0.620. The summed E-state index contributed by atoms with van der Waals surface area (Å²) in [5.41, 5.74) is 0.742. The molecule has 1 aromatic carbocycles. The number of anilines is 2. The van der Waals surface area contributed by atoms with Gasteiger partial charge in [0, 0.05) is 24.8 Å². The average molecular weight is 462 g/mol. The van der Waals surface area contributed by atoms with Gasteiger partial charge in [-0.15, -0.1) is 0 Å². The zero-order valence-corrected chi connectivity index (χ0v) is 19.2. The Hall–Kier alpha value is -1.39. The van der Waals surface area contributed by atoms with Crippen molar-refractivity contribution in [3.8, 4) is 0 Å². The Morgan fingerprint density at radius 3 is 2.47 bits per heavy atom. The van der Waals surface area contributed by atoms with Crippen molar-refractivity contribution in [2.45, 2.75) is 63.7 Å². The first-order valence-electron chi connectivity index (χ1n) is 10.6. The molecule has 7 nitrogen and oxygen atoms in total. The van der Waals surface area contributed by atoms with E-state index >= 15 is 0 Å². The van der Waals surface area contributed by atoms with Crippen molar-refractivity contribution in [3.63, 3.8) is 0 Å². The maximum Gasteiger partial charge on any atom is 0.235 e. The summed E-state index contributed by atoms with van der Waals surface area (Å²) in [6, 6.07) is 4.60. The average Bonchev–Trinajstić information content (AvgIpc) is 3.02. The Morgan fingerprint density at radius 2 is 1.90 bits per heavy atom. The van der Waals surface area contributed by atoms with E-state index < -0.39 is 31.1 Å². The van der Waals surface area contributed by atoms with Gasteiger partial charge >= 0.3 is 0 Å². The summed E-state index contributed by atoms with van der Waals surface area (Å²) in [6.45, 7) is 4.37. The van der Waals surface area contributed by atoms with Crippen LogP contribution in [0.2, 0.25) is 0 Å². The van der Waals surface area contributed by atoms with Crippen LogP contribution in [0.4, 0.5) is 15.8 Å². The van der Waals surface area contributed by atoms with E-state index in [1.54, 1.807) is 19.9 Å². The molecule has 0 atom stereocenters. The molecule has 0 aromatic heterocycles. The van der Waals surface area contributed by atoms with Crippen LogP contribution in [-0.2, 0) is 20.0 Å². The summed E-state index contributed by atoms with van der Waals surface area (Å²) >= 11 is 0. The first kappa shape index (κ1) is 23.3. The Morgan fingerprint density at radius 1 is 1.20 bits per heavy atom. The molecule has 30 heavy (non-hydrogen) atoms. The number of hydrogen-bond acceptors (Lipinski definition) is 5. The van der Waals surface area contributed by atoms with Gasteiger partial charge in [-0.05, 0) is 76.5 Å². The zero-order valence-electron chi connectivity index (χ0n) is 17.6. The number of nitrogens with zero attached hydrogens (tertiary/aromatic N) is 1. The zero-order chi connectivity index (χ0) is 21.9. The molecular formula is C20H32FN3O4S2. The standard InChI is InChI=1S/C20H32FN3O4S2/c1-15(2)30(27,28)23-17-6-4-16(5-7-17)10-11-22-18-8-9-20(19(21)14-18)24-12-3-13-29(24,25)26/h8-9,14-17,22-23H,3-7,10-13H2,1-2H3. The highest BCUT2D eigenvalue weighted by Crippen LogP contribution is 2.30. The molecule has 0 amide bonds. The normalized spacial score (nSPS) is 24.3. The van der Waals surface area contributed by atoms with Gasteiger partial charge in [0.1, 0.15) is 5.82 Å². The smallest absolute Gasteiger partial charge is 0.235 e. The highest BCUT2D eigenvalue weighted by Gasteiger charge is 2.30. The molecule has 1 saturated heterocycles. The largest absolute Gasteiger partial charge is 0.385 e. The van der Waals surface area contributed by atoms with Gasteiger partial charge in [-0.25, -0.2) is 25.9 Å². The van der Waals surface area contributed by atoms with Gasteiger partial charge in [0.2, 0.25) is 20.0 Å². The third kappa shape index (κ3) is 5.64. The van der Waals surface area contributed by atoms with Crippen molar-refractivity contribution >= 4 is 31.4 Å². The van der Waals surface area contributed by atoms with Crippen LogP contribution in [0.5, 0.6) is 0 Å². The monoisotopic (exact) mass is 461 g/mol. The lowest BCUT2D eigenvalue weighted by molar-refractivity contribution is 0.303. The summed E-state index contributed by atoms with van der Waals surface area (Å²) in [6.07, 6.45) is 5.05. The van der Waals surface area contributed by atoms with E-state index in [2.05, 4.69) is 10.0 Å². The predicted octanol–water partition coefficient (Wildman–Crippen LogP) is 3.05. The number of sulfonamides is 2. The first-order chi connectivity index (χ1) is 14.1. The second-order valence-electron chi connectivity index (χ2n) is 8.55. The lowest BCUT2D eigenvalue weighted by atomic mass is 9.84. The maximum atomic E-state index is 14.5. The molecule has 1 aliphatic heterocycles. The Bertz CT molecular complexity index is 943. The van der Waals surface area contributed by atoms with E-state index in [4.69, 9.17) is 0 Å². The van der Waals surface area contributed by atoms with Crippen molar-refractivity contribution in [2.75, 3.05) is 28.5 Å². The molecule has 170 valence electrons. The van der Waals surface area contributed by atoms with Gasteiger partial charge < -0.3 is 5.32 Å². The summed E-state index contributed by atoms with van der Waals surface area (Å²) in [4.78, 5) is 0. The Labute approximate surface area is 179 Å². The summed E-state index contributed by atoms with van der Waals surface area (Å²) in [5, 5.41) is 2.80. The predicted molar refractivity (Wildman–Crippen MR) is 118 cm³/mol. The van der Waals surface area contributed by atoms with Gasteiger partial charge in [-0.3, -0.25) is 4.31 Å². The molecule has 1 saturated carbocycles. The van der Waals surface area contributed by atoms with Crippen molar-refractivity contribution in [2.24, 2.45) is 5.92 Å². The molecule has 0 unspecified atom stereocenters. The molecule has 2 N–H and O–H groups in total. The maximum absolute atomic E-state index is 14.5. The Kier molecular flexibility index (Phi) is 7.29. The molecular weight excluding hydrogens is 429 g/mol. The van der Waals surface area contributed by atoms with E-state index in [1.165, 1.54) is 12.1 Å². The van der Waals surface area contributed by atoms with Crippen molar-refractivity contribution in [1.29, 1.82) is 0 Å². The minimum Gasteiger partial charge on any atom is -0.385 e. The molecule has 0 bridgehead atoms. The van der Waals surface area contributed by atoms with Crippen LogP contribution in [0.15, 0.2) is 18.2 Å². The molecule has 1 aromatic rings. The third-order valence-electron chi connectivity index (χ3n) is 6.00. The summed E-state index contributed by atoms with van der Waals surface area (Å²) in [7, 11) is -6.63. The Balaban J connectivity index is 1.45. The minimum atomic E-state index is -3.40. The molecule has 10 heteroatoms. The molecule has 3 rings (SSSR count). The van der Waals surface area contributed by atoms with E-state index in [0.29, 0.717) is 31.1 Å². The van der Waals surface area contributed by atoms with Crippen molar-refractivity contribution in [3.05, 3.63) is 24.0 Å². The van der Waals surface area contributed by atoms with Gasteiger partial charge in [0.25, 0.3) is 0 Å². The fraction of sp³-hybridized carbons (Fsp3) is 0.700. The van der Waals surface area contributed by atoms with E-state index in [9.17, 15) is 21.2 Å². The van der Waals surface area contributed by atoms with E-state index in [1.807, 2.05) is 0 Å². The number of hydrogen-bond donors (Lipinski definition) is 2. The number of rotatable bonds is 8. The van der Waals surface area contributed by atoms with Crippen LogP contribution >= 0.6 is 0 Å². The van der Waals surface area contributed by atoms with Crippen LogP contribution in [-0.4, -0.2) is 47.0 Å². The molecule has 0 spiro atoms. The SMILES string of the molecule is CC(C)S(=O)(=O)NC1CCC(CCNc2ccc(N3CCCS3(=O)=O)c(F)c2)CC1. The fourth-order valence-corrected chi connectivity index (χ4v) is 6.63. The van der Waals surface area contributed by atoms with Gasteiger partial charge in [0.05, 0.1) is 16.7 Å². The van der Waals surface area contributed by atoms with Gasteiger partial charge in [-0.2, -0.15) is 0 Å². The lowest BCUT2D eigenvalue weighted by Crippen LogP contribution is -2.41. The number of benzene rings is 1. The third-order valence-corrected chi connectivity index (χ3v) is 9.75. The molecule has 0 radical (unpaired) electrons. The molecule has 1 heterocycles. The summed E-state index contributed by atoms with van der Waals surface area (Å²) < 4.78 is 66.4. The second-order valence-corrected chi connectivity index (χ2v) is 12.8. The van der Waals surface area contributed by atoms with Crippen LogP contribution in [0.25, 0.3) is 0 Å². The number of halogens is 1. The van der Waals surface area contributed by atoms with Crippen LogP contribution in [0.1, 0.15) is 52.4 Å². The molecule has 1 aliphatic carbocycles. The lowest BCUT2D eigenvalue weighted by Gasteiger charge is -2.29. The minimum absolute atomic E-state index is 0.0186. The van der Waals surface area contributed by atoms with Crippen molar-refractivity contribution < 1.29 is 21.2 Å². The highest BCUT2D eigenvalue weighted by atomic mass is 32.2. The van der Waals surface area contributed by atoms with Gasteiger partial charge in [0.15, 0.2) is 0 Å².